The molecule has 0 rings (SSSR count). The lowest BCUT2D eigenvalue weighted by atomic mass is 10.5. The van der Waals surface area contributed by atoms with Gasteiger partial charge in [-0.05, 0) is 20.8 Å². The van der Waals surface area contributed by atoms with Crippen LogP contribution in [0, 0.1) is 0 Å². The van der Waals surface area contributed by atoms with Crippen LogP contribution in [0.25, 0.3) is 0 Å². The Labute approximate surface area is 61.8 Å². The van der Waals surface area contributed by atoms with E-state index in [4.69, 9.17) is 0 Å². The van der Waals surface area contributed by atoms with Crippen molar-refractivity contribution in [2.75, 3.05) is 0 Å². The quantitative estimate of drug-likeness (QED) is 0.590. The maximum absolute atomic E-state index is 10.7. The van der Waals surface area contributed by atoms with E-state index < -0.39 is 10.1 Å². The Hall–Kier alpha value is -0.350. The maximum atomic E-state index is 10.7. The van der Waals surface area contributed by atoms with Crippen LogP contribution in [0.5, 0.6) is 0 Å². The van der Waals surface area contributed by atoms with Gasteiger partial charge in [-0.3, -0.25) is 4.18 Å². The highest BCUT2D eigenvalue weighted by Crippen LogP contribution is 1.99. The van der Waals surface area contributed by atoms with Gasteiger partial charge in [0, 0.05) is 0 Å². The molecule has 0 aromatic carbocycles. The van der Waals surface area contributed by atoms with Crippen molar-refractivity contribution in [3.63, 3.8) is 0 Å². The third-order valence-corrected chi connectivity index (χ3v) is 1.89. The number of allylic oxidation sites excluding steroid dienone is 1. The van der Waals surface area contributed by atoms with Gasteiger partial charge in [-0.1, -0.05) is 6.08 Å². The third-order valence-electron chi connectivity index (χ3n) is 0.629. The van der Waals surface area contributed by atoms with Gasteiger partial charge in [-0.15, -0.1) is 0 Å². The van der Waals surface area contributed by atoms with Crippen molar-refractivity contribution in [1.82, 2.24) is 0 Å². The fourth-order valence-electron chi connectivity index (χ4n) is 0.467. The zero-order chi connectivity index (χ0) is 8.20. The highest BCUT2D eigenvalue weighted by Gasteiger charge is 2.06. The van der Waals surface area contributed by atoms with Gasteiger partial charge >= 0.3 is 0 Å². The van der Waals surface area contributed by atoms with E-state index in [9.17, 15) is 8.42 Å². The summed E-state index contributed by atoms with van der Waals surface area (Å²) in [7, 11) is -3.41. The Morgan fingerprint density at radius 2 is 1.90 bits per heavy atom. The molecule has 0 heterocycles. The van der Waals surface area contributed by atoms with Crippen LogP contribution >= 0.6 is 0 Å². The van der Waals surface area contributed by atoms with E-state index in [1.165, 1.54) is 6.08 Å². The molecule has 3 nitrogen and oxygen atoms in total. The van der Waals surface area contributed by atoms with Crippen molar-refractivity contribution in [1.29, 1.82) is 0 Å². The van der Waals surface area contributed by atoms with Crippen molar-refractivity contribution < 1.29 is 12.6 Å². The van der Waals surface area contributed by atoms with Gasteiger partial charge in [-0.2, -0.15) is 8.42 Å². The first-order chi connectivity index (χ1) is 4.48. The van der Waals surface area contributed by atoms with Crippen molar-refractivity contribution in [2.24, 2.45) is 0 Å². The summed E-state index contributed by atoms with van der Waals surface area (Å²) in [6, 6.07) is 0. The summed E-state index contributed by atoms with van der Waals surface area (Å²) in [6.45, 7) is 4.96. The van der Waals surface area contributed by atoms with Gasteiger partial charge in [0.1, 0.15) is 0 Å². The summed E-state index contributed by atoms with van der Waals surface area (Å²) in [5.41, 5.74) is 0. The molecule has 4 heteroatoms. The molecule has 0 aliphatic rings. The number of hydrogen-bond donors (Lipinski definition) is 0. The topological polar surface area (TPSA) is 43.4 Å². The first-order valence-corrected chi connectivity index (χ1v) is 4.51. The van der Waals surface area contributed by atoms with Crippen LogP contribution in [0.2, 0.25) is 0 Å². The molecule has 0 atom stereocenters. The standard InChI is InChI=1S/C6H12O3S/c1-4-5-10(7,8)9-6(2)3/h4-6H,1-3H3/b5-4+. The molecule has 0 aliphatic carbocycles. The second kappa shape index (κ2) is 3.73. The van der Waals surface area contributed by atoms with Crippen molar-refractivity contribution in [2.45, 2.75) is 26.9 Å². The summed E-state index contributed by atoms with van der Waals surface area (Å²) in [5.74, 6) is 0. The smallest absolute Gasteiger partial charge is 0.264 e. The monoisotopic (exact) mass is 164 g/mol. The van der Waals surface area contributed by atoms with Crippen LogP contribution in [0.4, 0.5) is 0 Å². The Morgan fingerprint density at radius 1 is 1.40 bits per heavy atom. The van der Waals surface area contributed by atoms with Crippen molar-refractivity contribution in [3.05, 3.63) is 11.5 Å². The van der Waals surface area contributed by atoms with Crippen LogP contribution in [-0.2, 0) is 14.3 Å². The second-order valence-corrected chi connectivity index (χ2v) is 3.56. The molecule has 0 aromatic heterocycles. The zero-order valence-corrected chi connectivity index (χ0v) is 7.18. The maximum Gasteiger partial charge on any atom is 0.289 e. The number of rotatable bonds is 3. The largest absolute Gasteiger partial charge is 0.289 e. The molecule has 60 valence electrons. The molecule has 0 amide bonds. The third kappa shape index (κ3) is 4.52. The lowest BCUT2D eigenvalue weighted by Crippen LogP contribution is -2.08. The van der Waals surface area contributed by atoms with E-state index in [-0.39, 0.29) is 6.10 Å². The normalized spacial score (nSPS) is 13.2. The van der Waals surface area contributed by atoms with Crippen LogP contribution in [0.1, 0.15) is 20.8 Å². The molecule has 0 fully saturated rings. The Kier molecular flexibility index (Phi) is 3.60. The fraction of sp³-hybridized carbons (Fsp3) is 0.667. The fourth-order valence-corrected chi connectivity index (χ4v) is 1.40. The van der Waals surface area contributed by atoms with Crippen LogP contribution in [0.15, 0.2) is 11.5 Å². The Balaban J connectivity index is 4.16. The van der Waals surface area contributed by atoms with Gasteiger partial charge in [-0.25, -0.2) is 0 Å². The first kappa shape index (κ1) is 9.65. The second-order valence-electron chi connectivity index (χ2n) is 2.11. The van der Waals surface area contributed by atoms with Gasteiger partial charge in [0.15, 0.2) is 0 Å². The molecule has 10 heavy (non-hydrogen) atoms. The first-order valence-electron chi connectivity index (χ1n) is 3.04. The van der Waals surface area contributed by atoms with E-state index in [1.54, 1.807) is 20.8 Å². The van der Waals surface area contributed by atoms with Gasteiger partial charge in [0.05, 0.1) is 11.5 Å². The van der Waals surface area contributed by atoms with Gasteiger partial charge in [0.2, 0.25) is 0 Å². The molecule has 0 N–H and O–H groups in total. The average molecular weight is 164 g/mol. The van der Waals surface area contributed by atoms with E-state index in [2.05, 4.69) is 4.18 Å². The summed E-state index contributed by atoms with van der Waals surface area (Å²) in [4.78, 5) is 0. The van der Waals surface area contributed by atoms with E-state index >= 15 is 0 Å². The molecule has 0 bridgehead atoms. The molecule has 0 spiro atoms. The van der Waals surface area contributed by atoms with Crippen LogP contribution in [-0.4, -0.2) is 14.5 Å². The van der Waals surface area contributed by atoms with E-state index in [1.807, 2.05) is 0 Å². The van der Waals surface area contributed by atoms with Gasteiger partial charge < -0.3 is 0 Å². The van der Waals surface area contributed by atoms with E-state index in [0.29, 0.717) is 0 Å². The van der Waals surface area contributed by atoms with Crippen molar-refractivity contribution >= 4 is 10.1 Å². The molecule has 0 unspecified atom stereocenters. The highest BCUT2D eigenvalue weighted by atomic mass is 32.2. The lowest BCUT2D eigenvalue weighted by Gasteiger charge is -2.02. The summed E-state index contributed by atoms with van der Waals surface area (Å²) in [5, 5.41) is 1.03. The minimum Gasteiger partial charge on any atom is -0.264 e. The molecule has 0 radical (unpaired) electrons. The van der Waals surface area contributed by atoms with E-state index in [0.717, 1.165) is 5.41 Å². The molecule has 0 aromatic rings. The summed E-state index contributed by atoms with van der Waals surface area (Å²) >= 11 is 0. The SMILES string of the molecule is C/C=C/S(=O)(=O)OC(C)C. The Bertz CT molecular complexity index is 201. The minimum absolute atomic E-state index is 0.291. The number of hydrogen-bond acceptors (Lipinski definition) is 3. The molecular formula is C6H12O3S. The van der Waals surface area contributed by atoms with Gasteiger partial charge in [0.25, 0.3) is 10.1 Å². The summed E-state index contributed by atoms with van der Waals surface area (Å²) in [6.07, 6.45) is 1.14. The van der Waals surface area contributed by atoms with Crippen LogP contribution < -0.4 is 0 Å². The van der Waals surface area contributed by atoms with Crippen LogP contribution in [0.3, 0.4) is 0 Å². The average Bonchev–Trinajstić information content (AvgIpc) is 1.59. The summed E-state index contributed by atoms with van der Waals surface area (Å²) < 4.78 is 26.0. The zero-order valence-electron chi connectivity index (χ0n) is 6.37. The highest BCUT2D eigenvalue weighted by molar-refractivity contribution is 7.89. The predicted molar refractivity (Wildman–Crippen MR) is 40.0 cm³/mol. The molecule has 0 aliphatic heterocycles. The lowest BCUT2D eigenvalue weighted by molar-refractivity contribution is 0.253. The Morgan fingerprint density at radius 3 is 2.20 bits per heavy atom. The molecule has 0 saturated carbocycles. The predicted octanol–water partition coefficient (Wildman–Crippen LogP) is 1.27. The molecule has 0 saturated heterocycles. The molecular weight excluding hydrogens is 152 g/mol. The minimum atomic E-state index is -3.41. The van der Waals surface area contributed by atoms with Crippen molar-refractivity contribution in [3.8, 4) is 0 Å².